The summed E-state index contributed by atoms with van der Waals surface area (Å²) in [5, 5.41) is 0. The second-order valence-electron chi connectivity index (χ2n) is 7.23. The number of carbonyl (C=O) groups is 1. The lowest BCUT2D eigenvalue weighted by molar-refractivity contribution is -0.158. The number of methoxy groups -OCH3 is 1. The number of esters is 1. The molecule has 3 atom stereocenters. The molecule has 0 N–H and O–H groups in total. The molecular formula is C22H18N2O4S. The quantitative estimate of drug-likeness (QED) is 0.609. The molecule has 1 aromatic heterocycles. The maximum absolute atomic E-state index is 13.4. The van der Waals surface area contributed by atoms with Crippen molar-refractivity contribution in [1.29, 1.82) is 0 Å². The summed E-state index contributed by atoms with van der Waals surface area (Å²) in [5.74, 6) is -0.582. The third-order valence-electron chi connectivity index (χ3n) is 5.43. The summed E-state index contributed by atoms with van der Waals surface area (Å²) in [6.45, 7) is 1.77. The van der Waals surface area contributed by atoms with Gasteiger partial charge in [-0.1, -0.05) is 59.9 Å². The summed E-state index contributed by atoms with van der Waals surface area (Å²) in [7, 11) is 1.34. The van der Waals surface area contributed by atoms with Crippen molar-refractivity contribution in [3.63, 3.8) is 0 Å². The first-order valence-electron chi connectivity index (χ1n) is 9.25. The average Bonchev–Trinajstić information content (AvgIpc) is 3.01. The van der Waals surface area contributed by atoms with E-state index in [1.54, 1.807) is 11.5 Å². The van der Waals surface area contributed by atoms with Crippen molar-refractivity contribution < 1.29 is 14.3 Å². The van der Waals surface area contributed by atoms with Crippen LogP contribution in [0.3, 0.4) is 0 Å². The Morgan fingerprint density at radius 3 is 2.69 bits per heavy atom. The fourth-order valence-electron chi connectivity index (χ4n) is 4.13. The van der Waals surface area contributed by atoms with Gasteiger partial charge in [0.25, 0.3) is 5.56 Å². The van der Waals surface area contributed by atoms with E-state index in [1.807, 2.05) is 60.7 Å². The summed E-state index contributed by atoms with van der Waals surface area (Å²) < 4.78 is 13.4. The molecule has 0 unspecified atom stereocenters. The van der Waals surface area contributed by atoms with Gasteiger partial charge in [0.05, 0.1) is 17.7 Å². The van der Waals surface area contributed by atoms with Crippen molar-refractivity contribution in [2.24, 2.45) is 10.9 Å². The van der Waals surface area contributed by atoms with Crippen LogP contribution in [0.15, 0.2) is 64.4 Å². The molecule has 2 aliphatic heterocycles. The Morgan fingerprint density at radius 1 is 1.21 bits per heavy atom. The van der Waals surface area contributed by atoms with E-state index in [9.17, 15) is 9.59 Å². The van der Waals surface area contributed by atoms with Gasteiger partial charge in [0.15, 0.2) is 4.80 Å². The molecule has 7 heteroatoms. The molecule has 146 valence electrons. The Labute approximate surface area is 170 Å². The smallest absolute Gasteiger partial charge is 0.317 e. The Kier molecular flexibility index (Phi) is 3.96. The van der Waals surface area contributed by atoms with E-state index in [-0.39, 0.29) is 5.56 Å². The van der Waals surface area contributed by atoms with Crippen LogP contribution in [-0.2, 0) is 9.53 Å². The van der Waals surface area contributed by atoms with Gasteiger partial charge in [-0.2, -0.15) is 0 Å². The second kappa shape index (κ2) is 6.42. The first-order chi connectivity index (χ1) is 14.0. The number of thiazole rings is 1. The minimum absolute atomic E-state index is 0.171. The molecule has 0 aliphatic carbocycles. The van der Waals surface area contributed by atoms with Gasteiger partial charge < -0.3 is 9.47 Å². The molecule has 6 nitrogen and oxygen atoms in total. The largest absolute Gasteiger partial charge is 0.469 e. The van der Waals surface area contributed by atoms with Crippen molar-refractivity contribution in [3.8, 4) is 5.75 Å². The lowest BCUT2D eigenvalue weighted by Crippen LogP contribution is -2.58. The Bertz CT molecular complexity index is 1290. The summed E-state index contributed by atoms with van der Waals surface area (Å²) >= 11 is 1.30. The molecule has 3 aromatic rings. The summed E-state index contributed by atoms with van der Waals surface area (Å²) in [6, 6.07) is 16.6. The predicted octanol–water partition coefficient (Wildman–Crippen LogP) is 1.86. The van der Waals surface area contributed by atoms with Crippen molar-refractivity contribution in [3.05, 3.63) is 85.4 Å². The average molecular weight is 406 g/mol. The topological polar surface area (TPSA) is 69.9 Å². The molecular weight excluding hydrogens is 388 g/mol. The number of rotatable bonds is 2. The summed E-state index contributed by atoms with van der Waals surface area (Å²) in [5.41, 5.74) is 0.394. The SMILES string of the molecule is COC(=O)[C@@H]1[C@H]2c3ccccc3O[C@@]1(C)N=c1s/c(=C\c3ccccc3)c(=O)n12. The lowest BCUT2D eigenvalue weighted by Gasteiger charge is -2.44. The number of nitrogens with zero attached hydrogens (tertiary/aromatic N) is 2. The Balaban J connectivity index is 1.81. The molecule has 0 spiro atoms. The molecule has 2 bridgehead atoms. The first kappa shape index (κ1) is 17.9. The number of benzene rings is 2. The zero-order valence-electron chi connectivity index (χ0n) is 15.9. The van der Waals surface area contributed by atoms with Gasteiger partial charge in [-0.15, -0.1) is 0 Å². The number of fused-ring (bicyclic) bond motifs is 6. The van der Waals surface area contributed by atoms with Crippen molar-refractivity contribution in [1.82, 2.24) is 4.57 Å². The van der Waals surface area contributed by atoms with Crippen LogP contribution < -0.4 is 19.6 Å². The maximum Gasteiger partial charge on any atom is 0.317 e. The first-order valence-corrected chi connectivity index (χ1v) is 10.1. The molecule has 0 amide bonds. The van der Waals surface area contributed by atoms with Gasteiger partial charge in [-0.05, 0) is 24.6 Å². The van der Waals surface area contributed by atoms with Gasteiger partial charge in [0, 0.05) is 5.56 Å². The van der Waals surface area contributed by atoms with Crippen molar-refractivity contribution in [2.75, 3.05) is 7.11 Å². The molecule has 0 saturated heterocycles. The molecule has 3 heterocycles. The number of hydrogen-bond donors (Lipinski definition) is 0. The van der Waals surface area contributed by atoms with Gasteiger partial charge in [-0.25, -0.2) is 4.99 Å². The molecule has 2 aliphatic rings. The third-order valence-corrected chi connectivity index (χ3v) is 6.42. The standard InChI is InChI=1S/C22H18N2O4S/c1-22-17(20(26)27-2)18(14-10-6-7-11-15(14)28-22)24-19(25)16(29-21(24)23-22)12-13-8-4-3-5-9-13/h3-12,17-18H,1-2H3/b16-12-/t17-,18+,22+/m0/s1. The number of para-hydroxylation sites is 1. The highest BCUT2D eigenvalue weighted by Crippen LogP contribution is 2.47. The molecule has 0 fully saturated rings. The van der Waals surface area contributed by atoms with E-state index < -0.39 is 23.7 Å². The molecule has 0 radical (unpaired) electrons. The molecule has 0 saturated carbocycles. The van der Waals surface area contributed by atoms with E-state index in [2.05, 4.69) is 0 Å². The molecule has 5 rings (SSSR count). The van der Waals surface area contributed by atoms with Crippen LogP contribution in [0.1, 0.15) is 24.1 Å². The monoisotopic (exact) mass is 406 g/mol. The van der Waals surface area contributed by atoms with Gasteiger partial charge in [-0.3, -0.25) is 14.2 Å². The van der Waals surface area contributed by atoms with Crippen LogP contribution in [0.5, 0.6) is 5.75 Å². The van der Waals surface area contributed by atoms with Gasteiger partial charge >= 0.3 is 5.97 Å². The highest BCUT2D eigenvalue weighted by atomic mass is 32.1. The van der Waals surface area contributed by atoms with Gasteiger partial charge in [0.2, 0.25) is 5.72 Å². The van der Waals surface area contributed by atoms with Crippen LogP contribution in [0.2, 0.25) is 0 Å². The fraction of sp³-hybridized carbons (Fsp3) is 0.227. The minimum Gasteiger partial charge on any atom is -0.469 e. The second-order valence-corrected chi connectivity index (χ2v) is 8.24. The zero-order chi connectivity index (χ0) is 20.2. The van der Waals surface area contributed by atoms with Crippen LogP contribution in [-0.4, -0.2) is 23.4 Å². The zero-order valence-corrected chi connectivity index (χ0v) is 16.7. The normalized spacial score (nSPS) is 24.7. The lowest BCUT2D eigenvalue weighted by atomic mass is 9.81. The number of hydrogen-bond acceptors (Lipinski definition) is 6. The molecule has 29 heavy (non-hydrogen) atoms. The Hall–Kier alpha value is -3.19. The summed E-state index contributed by atoms with van der Waals surface area (Å²) in [6.07, 6.45) is 1.85. The number of ether oxygens (including phenoxy) is 2. The highest BCUT2D eigenvalue weighted by molar-refractivity contribution is 7.07. The van der Waals surface area contributed by atoms with E-state index in [0.717, 1.165) is 11.1 Å². The predicted molar refractivity (Wildman–Crippen MR) is 108 cm³/mol. The fourth-order valence-corrected chi connectivity index (χ4v) is 5.23. The van der Waals surface area contributed by atoms with Crippen LogP contribution >= 0.6 is 11.3 Å². The van der Waals surface area contributed by atoms with Gasteiger partial charge in [0.1, 0.15) is 11.7 Å². The molecule has 2 aromatic carbocycles. The Morgan fingerprint density at radius 2 is 1.93 bits per heavy atom. The van der Waals surface area contributed by atoms with E-state index in [4.69, 9.17) is 14.5 Å². The van der Waals surface area contributed by atoms with E-state index >= 15 is 0 Å². The minimum atomic E-state index is -1.15. The highest BCUT2D eigenvalue weighted by Gasteiger charge is 2.55. The van der Waals surface area contributed by atoms with Crippen LogP contribution in [0, 0.1) is 5.92 Å². The van der Waals surface area contributed by atoms with Crippen molar-refractivity contribution >= 4 is 23.4 Å². The van der Waals surface area contributed by atoms with Crippen LogP contribution in [0.4, 0.5) is 0 Å². The number of aromatic nitrogens is 1. The maximum atomic E-state index is 13.4. The third kappa shape index (κ3) is 2.65. The van der Waals surface area contributed by atoms with E-state index in [1.165, 1.54) is 18.4 Å². The summed E-state index contributed by atoms with van der Waals surface area (Å²) in [4.78, 5) is 31.4. The number of carbonyl (C=O) groups excluding carboxylic acids is 1. The van der Waals surface area contributed by atoms with E-state index in [0.29, 0.717) is 15.1 Å². The van der Waals surface area contributed by atoms with Crippen LogP contribution in [0.25, 0.3) is 6.08 Å². The van der Waals surface area contributed by atoms with Crippen molar-refractivity contribution in [2.45, 2.75) is 18.7 Å².